The van der Waals surface area contributed by atoms with Gasteiger partial charge in [-0.05, 0) is 55.3 Å². The lowest BCUT2D eigenvalue weighted by Crippen LogP contribution is -1.87. The molecule has 0 aliphatic heterocycles. The molecule has 0 bridgehead atoms. The standard InChI is InChI=1S/C18H18F2O/c1-3-4-14-5-9-16(10-6-14)21-17-11-7-15(8-12-17)18(20)13(2)19/h5-12H,3-4H2,1-2H3/b18-13-. The van der Waals surface area contributed by atoms with Crippen molar-refractivity contribution < 1.29 is 13.5 Å². The van der Waals surface area contributed by atoms with Crippen LogP contribution in [0.15, 0.2) is 54.4 Å². The van der Waals surface area contributed by atoms with Gasteiger partial charge in [0.05, 0.1) is 0 Å². The molecule has 0 aromatic heterocycles. The first kappa shape index (κ1) is 15.2. The second kappa shape index (κ2) is 7.02. The molecule has 2 aromatic rings. The van der Waals surface area contributed by atoms with Crippen molar-refractivity contribution in [3.05, 3.63) is 65.5 Å². The highest BCUT2D eigenvalue weighted by Gasteiger charge is 2.05. The molecule has 0 unspecified atom stereocenters. The van der Waals surface area contributed by atoms with Crippen LogP contribution in [0.25, 0.3) is 5.83 Å². The largest absolute Gasteiger partial charge is 0.457 e. The van der Waals surface area contributed by atoms with Gasteiger partial charge in [-0.3, -0.25) is 0 Å². The Hall–Kier alpha value is -2.16. The van der Waals surface area contributed by atoms with E-state index in [1.165, 1.54) is 17.7 Å². The zero-order valence-corrected chi connectivity index (χ0v) is 12.2. The Labute approximate surface area is 123 Å². The molecule has 0 saturated heterocycles. The van der Waals surface area contributed by atoms with Crippen LogP contribution in [0.5, 0.6) is 11.5 Å². The first-order valence-corrected chi connectivity index (χ1v) is 6.99. The number of rotatable bonds is 5. The van der Waals surface area contributed by atoms with Crippen molar-refractivity contribution in [3.63, 3.8) is 0 Å². The summed E-state index contributed by atoms with van der Waals surface area (Å²) in [4.78, 5) is 0. The summed E-state index contributed by atoms with van der Waals surface area (Å²) in [5.41, 5.74) is 1.48. The number of halogens is 2. The van der Waals surface area contributed by atoms with E-state index in [1.54, 1.807) is 12.1 Å². The molecular formula is C18H18F2O. The molecule has 0 fully saturated rings. The third-order valence-electron chi connectivity index (χ3n) is 3.11. The Balaban J connectivity index is 2.08. The first-order chi connectivity index (χ1) is 10.1. The summed E-state index contributed by atoms with van der Waals surface area (Å²) in [6, 6.07) is 14.1. The molecule has 0 spiro atoms. The summed E-state index contributed by atoms with van der Waals surface area (Å²) in [5.74, 6) is -0.354. The molecule has 0 amide bonds. The Kier molecular flexibility index (Phi) is 5.09. The van der Waals surface area contributed by atoms with E-state index in [9.17, 15) is 8.78 Å². The van der Waals surface area contributed by atoms with Crippen LogP contribution >= 0.6 is 0 Å². The summed E-state index contributed by atoms with van der Waals surface area (Å²) in [7, 11) is 0. The zero-order valence-electron chi connectivity index (χ0n) is 12.2. The topological polar surface area (TPSA) is 9.23 Å². The molecule has 0 N–H and O–H groups in total. The molecule has 0 saturated carbocycles. The fourth-order valence-corrected chi connectivity index (χ4v) is 2.02. The van der Waals surface area contributed by atoms with Crippen LogP contribution in [-0.4, -0.2) is 0 Å². The van der Waals surface area contributed by atoms with Gasteiger partial charge >= 0.3 is 0 Å². The summed E-state index contributed by atoms with van der Waals surface area (Å²) < 4.78 is 31.9. The van der Waals surface area contributed by atoms with E-state index >= 15 is 0 Å². The number of ether oxygens (including phenoxy) is 1. The lowest BCUT2D eigenvalue weighted by atomic mass is 10.1. The highest BCUT2D eigenvalue weighted by Crippen LogP contribution is 2.26. The normalized spacial score (nSPS) is 12.0. The maximum atomic E-state index is 13.4. The quantitative estimate of drug-likeness (QED) is 0.650. The monoisotopic (exact) mass is 288 g/mol. The lowest BCUT2D eigenvalue weighted by Gasteiger charge is -2.07. The lowest BCUT2D eigenvalue weighted by molar-refractivity contribution is 0.482. The molecule has 1 nitrogen and oxygen atoms in total. The fourth-order valence-electron chi connectivity index (χ4n) is 2.02. The fraction of sp³-hybridized carbons (Fsp3) is 0.222. The van der Waals surface area contributed by atoms with Crippen LogP contribution in [-0.2, 0) is 6.42 Å². The molecule has 2 aromatic carbocycles. The smallest absolute Gasteiger partial charge is 0.161 e. The Morgan fingerprint density at radius 3 is 1.90 bits per heavy atom. The molecule has 110 valence electrons. The van der Waals surface area contributed by atoms with Crippen LogP contribution in [0.4, 0.5) is 8.78 Å². The second-order valence-corrected chi connectivity index (χ2v) is 4.87. The van der Waals surface area contributed by atoms with E-state index in [2.05, 4.69) is 6.92 Å². The first-order valence-electron chi connectivity index (χ1n) is 6.99. The van der Waals surface area contributed by atoms with Gasteiger partial charge in [0.15, 0.2) is 5.83 Å². The van der Waals surface area contributed by atoms with E-state index < -0.39 is 11.7 Å². The minimum absolute atomic E-state index is 0.209. The van der Waals surface area contributed by atoms with Crippen LogP contribution < -0.4 is 4.74 Å². The van der Waals surface area contributed by atoms with E-state index in [4.69, 9.17) is 4.74 Å². The molecular weight excluding hydrogens is 270 g/mol. The molecule has 3 heteroatoms. The second-order valence-electron chi connectivity index (χ2n) is 4.87. The van der Waals surface area contributed by atoms with Crippen molar-refractivity contribution in [2.45, 2.75) is 26.7 Å². The molecule has 0 heterocycles. The summed E-state index contributed by atoms with van der Waals surface area (Å²) in [6.45, 7) is 3.23. The van der Waals surface area contributed by atoms with Crippen LogP contribution in [0, 0.1) is 0 Å². The SMILES string of the molecule is CCCc1ccc(Oc2ccc(/C(F)=C(\C)F)cc2)cc1. The Morgan fingerprint density at radius 1 is 0.905 bits per heavy atom. The average molecular weight is 288 g/mol. The molecule has 0 atom stereocenters. The number of hydrogen-bond acceptors (Lipinski definition) is 1. The zero-order chi connectivity index (χ0) is 15.2. The number of hydrogen-bond donors (Lipinski definition) is 0. The predicted octanol–water partition coefficient (Wildman–Crippen LogP) is 6.06. The molecule has 0 radical (unpaired) electrons. The van der Waals surface area contributed by atoms with Gasteiger partial charge < -0.3 is 4.74 Å². The minimum atomic E-state index is -0.842. The van der Waals surface area contributed by atoms with Gasteiger partial charge in [0.1, 0.15) is 17.3 Å². The van der Waals surface area contributed by atoms with Crippen molar-refractivity contribution in [2.75, 3.05) is 0 Å². The van der Waals surface area contributed by atoms with Gasteiger partial charge in [-0.2, -0.15) is 0 Å². The van der Waals surface area contributed by atoms with Crippen molar-refractivity contribution in [1.29, 1.82) is 0 Å². The summed E-state index contributed by atoms with van der Waals surface area (Å²) in [6.07, 6.45) is 2.15. The Morgan fingerprint density at radius 2 is 1.43 bits per heavy atom. The summed E-state index contributed by atoms with van der Waals surface area (Å²) >= 11 is 0. The summed E-state index contributed by atoms with van der Waals surface area (Å²) in [5, 5.41) is 0. The van der Waals surface area contributed by atoms with E-state index in [1.807, 2.05) is 24.3 Å². The molecule has 21 heavy (non-hydrogen) atoms. The molecule has 2 rings (SSSR count). The maximum Gasteiger partial charge on any atom is 0.161 e. The average Bonchev–Trinajstić information content (AvgIpc) is 2.49. The maximum absolute atomic E-state index is 13.4. The van der Waals surface area contributed by atoms with Crippen LogP contribution in [0.1, 0.15) is 31.4 Å². The minimum Gasteiger partial charge on any atom is -0.457 e. The van der Waals surface area contributed by atoms with Crippen molar-refractivity contribution in [1.82, 2.24) is 0 Å². The van der Waals surface area contributed by atoms with Gasteiger partial charge in [-0.15, -0.1) is 0 Å². The molecule has 0 aliphatic carbocycles. The van der Waals surface area contributed by atoms with Gasteiger partial charge in [-0.1, -0.05) is 25.5 Å². The van der Waals surface area contributed by atoms with Crippen LogP contribution in [0.3, 0.4) is 0 Å². The van der Waals surface area contributed by atoms with Crippen molar-refractivity contribution >= 4 is 5.83 Å². The Bertz CT molecular complexity index is 609. The third-order valence-corrected chi connectivity index (χ3v) is 3.11. The number of allylic oxidation sites excluding steroid dienone is 1. The van der Waals surface area contributed by atoms with E-state index in [0.717, 1.165) is 25.5 Å². The molecule has 0 aliphatic rings. The van der Waals surface area contributed by atoms with Crippen LogP contribution in [0.2, 0.25) is 0 Å². The number of aryl methyl sites for hydroxylation is 1. The van der Waals surface area contributed by atoms with Gasteiger partial charge in [0, 0.05) is 5.56 Å². The highest BCUT2D eigenvalue weighted by atomic mass is 19.2. The van der Waals surface area contributed by atoms with Gasteiger partial charge in [-0.25, -0.2) is 8.78 Å². The number of benzene rings is 2. The van der Waals surface area contributed by atoms with Crippen molar-refractivity contribution in [2.24, 2.45) is 0 Å². The van der Waals surface area contributed by atoms with Crippen molar-refractivity contribution in [3.8, 4) is 11.5 Å². The van der Waals surface area contributed by atoms with E-state index in [-0.39, 0.29) is 5.56 Å². The van der Waals surface area contributed by atoms with Gasteiger partial charge in [0.2, 0.25) is 0 Å². The predicted molar refractivity (Wildman–Crippen MR) is 81.8 cm³/mol. The van der Waals surface area contributed by atoms with E-state index in [0.29, 0.717) is 5.75 Å². The highest BCUT2D eigenvalue weighted by molar-refractivity contribution is 5.61. The van der Waals surface area contributed by atoms with Gasteiger partial charge in [0.25, 0.3) is 0 Å². The third kappa shape index (κ3) is 4.15.